The summed E-state index contributed by atoms with van der Waals surface area (Å²) in [6.45, 7) is 0.479. The molecule has 5 heteroatoms. The molecule has 0 atom stereocenters. The maximum atomic E-state index is 6.19. The van der Waals surface area contributed by atoms with Crippen LogP contribution in [-0.2, 0) is 12.3 Å². The van der Waals surface area contributed by atoms with Crippen molar-refractivity contribution in [3.63, 3.8) is 0 Å². The lowest BCUT2D eigenvalue weighted by Crippen LogP contribution is -2.04. The van der Waals surface area contributed by atoms with Crippen LogP contribution in [0.2, 0.25) is 5.02 Å². The largest absolute Gasteiger partial charge is 0.493 e. The monoisotopic (exact) mass is 311 g/mol. The van der Waals surface area contributed by atoms with E-state index in [9.17, 15) is 0 Å². The summed E-state index contributed by atoms with van der Waals surface area (Å²) in [5, 5.41) is 0.501. The van der Waals surface area contributed by atoms with Gasteiger partial charge in [0.1, 0.15) is 0 Å². The second kappa shape index (κ2) is 7.36. The zero-order valence-corrected chi connectivity index (χ0v) is 12.6. The number of rotatable bonds is 6. The van der Waals surface area contributed by atoms with Gasteiger partial charge in [-0.15, -0.1) is 11.6 Å². The van der Waals surface area contributed by atoms with Crippen molar-refractivity contribution in [1.82, 2.24) is 4.98 Å². The number of ether oxygens (including phenoxy) is 2. The maximum Gasteiger partial charge on any atom is 0.179 e. The van der Waals surface area contributed by atoms with Gasteiger partial charge >= 0.3 is 0 Å². The number of aromatic nitrogens is 1. The molecule has 20 heavy (non-hydrogen) atoms. The third-order valence-corrected chi connectivity index (χ3v) is 3.36. The van der Waals surface area contributed by atoms with Gasteiger partial charge in [-0.25, -0.2) is 0 Å². The fourth-order valence-corrected chi connectivity index (χ4v) is 2.24. The van der Waals surface area contributed by atoms with Gasteiger partial charge in [-0.1, -0.05) is 17.7 Å². The molecule has 2 aromatic rings. The third-order valence-electron chi connectivity index (χ3n) is 2.77. The Morgan fingerprint density at radius 1 is 1.25 bits per heavy atom. The third kappa shape index (κ3) is 3.78. The van der Waals surface area contributed by atoms with E-state index in [1.165, 1.54) is 0 Å². The number of hydrogen-bond acceptors (Lipinski definition) is 3. The minimum atomic E-state index is 0.379. The van der Waals surface area contributed by atoms with E-state index in [4.69, 9.17) is 32.7 Å². The number of benzene rings is 1. The zero-order chi connectivity index (χ0) is 14.4. The standard InChI is InChI=1S/C15H15Cl2NO2/c1-19-14-9-11(10-16)8-13(17)15(14)20-7-5-12-4-2-3-6-18-12/h2-4,6,8-9H,5,7,10H2,1H3. The summed E-state index contributed by atoms with van der Waals surface area (Å²) in [6, 6.07) is 9.40. The van der Waals surface area contributed by atoms with E-state index in [0.29, 0.717) is 35.4 Å². The number of halogens is 2. The van der Waals surface area contributed by atoms with Crippen LogP contribution in [0.3, 0.4) is 0 Å². The van der Waals surface area contributed by atoms with Crippen LogP contribution >= 0.6 is 23.2 Å². The Bertz CT molecular complexity index is 561. The van der Waals surface area contributed by atoms with E-state index < -0.39 is 0 Å². The van der Waals surface area contributed by atoms with E-state index in [0.717, 1.165) is 11.3 Å². The van der Waals surface area contributed by atoms with E-state index in [1.807, 2.05) is 24.3 Å². The van der Waals surface area contributed by atoms with Gasteiger partial charge in [-0.3, -0.25) is 4.98 Å². The van der Waals surface area contributed by atoms with E-state index >= 15 is 0 Å². The molecule has 3 nitrogen and oxygen atoms in total. The molecule has 0 unspecified atom stereocenters. The fraction of sp³-hybridized carbons (Fsp3) is 0.267. The quantitative estimate of drug-likeness (QED) is 0.752. The van der Waals surface area contributed by atoms with Crippen molar-refractivity contribution >= 4 is 23.2 Å². The Morgan fingerprint density at radius 3 is 2.75 bits per heavy atom. The van der Waals surface area contributed by atoms with Crippen LogP contribution < -0.4 is 9.47 Å². The van der Waals surface area contributed by atoms with E-state index in [1.54, 1.807) is 19.4 Å². The molecular formula is C15H15Cl2NO2. The molecule has 1 heterocycles. The lowest BCUT2D eigenvalue weighted by Gasteiger charge is -2.13. The van der Waals surface area contributed by atoms with Crippen molar-refractivity contribution in [2.24, 2.45) is 0 Å². The summed E-state index contributed by atoms with van der Waals surface area (Å²) in [6.07, 6.45) is 2.47. The highest BCUT2D eigenvalue weighted by atomic mass is 35.5. The topological polar surface area (TPSA) is 31.4 Å². The number of nitrogens with zero attached hydrogens (tertiary/aromatic N) is 1. The molecule has 0 amide bonds. The van der Waals surface area contributed by atoms with Crippen LogP contribution in [0.5, 0.6) is 11.5 Å². The molecule has 0 aliphatic heterocycles. The molecular weight excluding hydrogens is 297 g/mol. The Labute approximate surface area is 128 Å². The van der Waals surface area contributed by atoms with Crippen molar-refractivity contribution in [1.29, 1.82) is 0 Å². The predicted octanol–water partition coefficient (Wildman–Crippen LogP) is 4.10. The number of alkyl halides is 1. The molecule has 0 aliphatic carbocycles. The van der Waals surface area contributed by atoms with Crippen LogP contribution in [0, 0.1) is 0 Å². The Kier molecular flexibility index (Phi) is 5.50. The molecule has 0 spiro atoms. The second-order valence-corrected chi connectivity index (χ2v) is 4.84. The van der Waals surface area contributed by atoms with Crippen LogP contribution in [0.25, 0.3) is 0 Å². The van der Waals surface area contributed by atoms with Crippen molar-refractivity contribution in [2.75, 3.05) is 13.7 Å². The first-order chi connectivity index (χ1) is 9.74. The van der Waals surface area contributed by atoms with Crippen LogP contribution in [0.15, 0.2) is 36.5 Å². The van der Waals surface area contributed by atoms with Crippen molar-refractivity contribution in [2.45, 2.75) is 12.3 Å². The normalized spacial score (nSPS) is 10.3. The summed E-state index contributed by atoms with van der Waals surface area (Å²) in [4.78, 5) is 4.24. The zero-order valence-electron chi connectivity index (χ0n) is 11.1. The molecule has 1 aromatic carbocycles. The van der Waals surface area contributed by atoms with Gasteiger partial charge in [0.15, 0.2) is 11.5 Å². The van der Waals surface area contributed by atoms with Crippen molar-refractivity contribution in [3.05, 3.63) is 52.8 Å². The summed E-state index contributed by atoms with van der Waals surface area (Å²) < 4.78 is 11.0. The first-order valence-electron chi connectivity index (χ1n) is 6.19. The lowest BCUT2D eigenvalue weighted by atomic mass is 10.2. The highest BCUT2D eigenvalue weighted by Gasteiger charge is 2.11. The Hall–Kier alpha value is -1.45. The molecule has 106 valence electrons. The van der Waals surface area contributed by atoms with Gasteiger partial charge in [0, 0.05) is 24.2 Å². The van der Waals surface area contributed by atoms with Crippen LogP contribution in [0.1, 0.15) is 11.3 Å². The van der Waals surface area contributed by atoms with E-state index in [-0.39, 0.29) is 0 Å². The van der Waals surface area contributed by atoms with Gasteiger partial charge < -0.3 is 9.47 Å². The highest BCUT2D eigenvalue weighted by molar-refractivity contribution is 6.32. The molecule has 1 aromatic heterocycles. The number of hydrogen-bond donors (Lipinski definition) is 0. The summed E-state index contributed by atoms with van der Waals surface area (Å²) in [5.74, 6) is 1.51. The molecule has 2 rings (SSSR count). The molecule has 0 radical (unpaired) electrons. The smallest absolute Gasteiger partial charge is 0.179 e. The summed E-state index contributed by atoms with van der Waals surface area (Å²) >= 11 is 12.0. The average Bonchev–Trinajstić information content (AvgIpc) is 2.49. The molecule has 0 saturated carbocycles. The summed E-state index contributed by atoms with van der Waals surface area (Å²) in [7, 11) is 1.58. The van der Waals surface area contributed by atoms with Gasteiger partial charge in [0.2, 0.25) is 0 Å². The van der Waals surface area contributed by atoms with Gasteiger partial charge in [-0.2, -0.15) is 0 Å². The Morgan fingerprint density at radius 2 is 2.10 bits per heavy atom. The first kappa shape index (κ1) is 14.9. The molecule has 0 bridgehead atoms. The van der Waals surface area contributed by atoms with Crippen LogP contribution in [0.4, 0.5) is 0 Å². The molecule has 0 saturated heterocycles. The molecule has 0 N–H and O–H groups in total. The van der Waals surface area contributed by atoms with Gasteiger partial charge in [0.05, 0.1) is 18.7 Å². The highest BCUT2D eigenvalue weighted by Crippen LogP contribution is 2.36. The minimum Gasteiger partial charge on any atom is -0.493 e. The molecule has 0 aliphatic rings. The maximum absolute atomic E-state index is 6.19. The predicted molar refractivity (Wildman–Crippen MR) is 81.0 cm³/mol. The average molecular weight is 312 g/mol. The minimum absolute atomic E-state index is 0.379. The lowest BCUT2D eigenvalue weighted by molar-refractivity contribution is 0.296. The number of methoxy groups -OCH3 is 1. The fourth-order valence-electron chi connectivity index (χ4n) is 1.79. The summed E-state index contributed by atoms with van der Waals surface area (Å²) in [5.41, 5.74) is 1.87. The van der Waals surface area contributed by atoms with Gasteiger partial charge in [0.25, 0.3) is 0 Å². The Balaban J connectivity index is 2.05. The second-order valence-electron chi connectivity index (χ2n) is 4.16. The van der Waals surface area contributed by atoms with Crippen molar-refractivity contribution in [3.8, 4) is 11.5 Å². The van der Waals surface area contributed by atoms with Crippen LogP contribution in [-0.4, -0.2) is 18.7 Å². The molecule has 0 fully saturated rings. The first-order valence-corrected chi connectivity index (χ1v) is 7.11. The number of pyridine rings is 1. The van der Waals surface area contributed by atoms with Crippen molar-refractivity contribution < 1.29 is 9.47 Å². The SMILES string of the molecule is COc1cc(CCl)cc(Cl)c1OCCc1ccccn1. The van der Waals surface area contributed by atoms with E-state index in [2.05, 4.69) is 4.98 Å². The van der Waals surface area contributed by atoms with Gasteiger partial charge in [-0.05, 0) is 29.8 Å².